The normalized spacial score (nSPS) is 10.6. The Labute approximate surface area is 189 Å². The van der Waals surface area contributed by atoms with Crippen LogP contribution < -0.4 is 24.4 Å². The van der Waals surface area contributed by atoms with E-state index in [0.717, 1.165) is 17.0 Å². The standard InChI is InChI=1S/C26H28N2O4/c1-4-32-22-14-12-21(13-15-22)28(18-8-11-20-9-6-5-7-10-20)26(29)27-24-17-16-23(30-2)19-25(24)31-3/h5-17,19H,4,18H2,1-3H3,(H,27,29)/b11-8+. The van der Waals surface area contributed by atoms with E-state index in [1.807, 2.05) is 73.7 Å². The number of urea groups is 1. The number of nitrogens with zero attached hydrogens (tertiary/aromatic N) is 1. The summed E-state index contributed by atoms with van der Waals surface area (Å²) in [6.45, 7) is 2.90. The molecule has 0 aliphatic carbocycles. The largest absolute Gasteiger partial charge is 0.497 e. The van der Waals surface area contributed by atoms with Crippen LogP contribution in [0.2, 0.25) is 0 Å². The first-order valence-corrected chi connectivity index (χ1v) is 10.4. The van der Waals surface area contributed by atoms with E-state index in [1.54, 1.807) is 37.3 Å². The van der Waals surface area contributed by atoms with Gasteiger partial charge in [-0.3, -0.25) is 4.90 Å². The molecule has 0 bridgehead atoms. The molecule has 166 valence electrons. The van der Waals surface area contributed by atoms with Crippen molar-refractivity contribution in [2.75, 3.05) is 37.6 Å². The van der Waals surface area contributed by atoms with Crippen molar-refractivity contribution in [1.29, 1.82) is 0 Å². The Bertz CT molecular complexity index is 1030. The van der Waals surface area contributed by atoms with Gasteiger partial charge in [-0.25, -0.2) is 4.79 Å². The fourth-order valence-corrected chi connectivity index (χ4v) is 3.14. The van der Waals surface area contributed by atoms with Crippen molar-refractivity contribution in [3.63, 3.8) is 0 Å². The highest BCUT2D eigenvalue weighted by molar-refractivity contribution is 6.03. The van der Waals surface area contributed by atoms with Gasteiger partial charge in [0.2, 0.25) is 0 Å². The third kappa shape index (κ3) is 6.04. The van der Waals surface area contributed by atoms with E-state index in [4.69, 9.17) is 14.2 Å². The Balaban J connectivity index is 1.83. The van der Waals surface area contributed by atoms with Crippen molar-refractivity contribution in [3.8, 4) is 17.2 Å². The predicted octanol–water partition coefficient (Wildman–Crippen LogP) is 5.85. The molecule has 6 nitrogen and oxygen atoms in total. The van der Waals surface area contributed by atoms with Gasteiger partial charge in [0.25, 0.3) is 0 Å². The SMILES string of the molecule is CCOc1ccc(N(C/C=C/c2ccccc2)C(=O)Nc2ccc(OC)cc2OC)cc1. The molecule has 6 heteroatoms. The first-order valence-electron chi connectivity index (χ1n) is 10.4. The number of rotatable bonds is 9. The van der Waals surface area contributed by atoms with Gasteiger partial charge in [0.1, 0.15) is 17.2 Å². The van der Waals surface area contributed by atoms with Crippen molar-refractivity contribution < 1.29 is 19.0 Å². The first kappa shape index (κ1) is 22.7. The summed E-state index contributed by atoms with van der Waals surface area (Å²) in [5.74, 6) is 1.92. The van der Waals surface area contributed by atoms with Crippen LogP contribution in [0.3, 0.4) is 0 Å². The Morgan fingerprint density at radius 2 is 1.66 bits per heavy atom. The van der Waals surface area contributed by atoms with Crippen LogP contribution in [0.5, 0.6) is 17.2 Å². The fourth-order valence-electron chi connectivity index (χ4n) is 3.14. The molecule has 3 aromatic rings. The van der Waals surface area contributed by atoms with Crippen molar-refractivity contribution in [1.82, 2.24) is 0 Å². The van der Waals surface area contributed by atoms with E-state index in [2.05, 4.69) is 5.32 Å². The molecule has 0 spiro atoms. The molecule has 0 aromatic heterocycles. The molecule has 0 heterocycles. The van der Waals surface area contributed by atoms with Crippen LogP contribution in [-0.4, -0.2) is 33.4 Å². The molecule has 0 radical (unpaired) electrons. The Morgan fingerprint density at radius 3 is 2.31 bits per heavy atom. The molecule has 0 aliphatic heterocycles. The van der Waals surface area contributed by atoms with Crippen LogP contribution in [0.1, 0.15) is 12.5 Å². The lowest BCUT2D eigenvalue weighted by Crippen LogP contribution is -2.35. The number of amides is 2. The molecule has 0 unspecified atom stereocenters. The van der Waals surface area contributed by atoms with Gasteiger partial charge in [-0.1, -0.05) is 42.5 Å². The molecule has 0 atom stereocenters. The number of carbonyl (C=O) groups is 1. The van der Waals surface area contributed by atoms with Gasteiger partial charge in [-0.05, 0) is 48.9 Å². The van der Waals surface area contributed by atoms with E-state index >= 15 is 0 Å². The van der Waals surface area contributed by atoms with Crippen LogP contribution in [0.4, 0.5) is 16.2 Å². The number of methoxy groups -OCH3 is 2. The van der Waals surface area contributed by atoms with Gasteiger partial charge in [-0.2, -0.15) is 0 Å². The summed E-state index contributed by atoms with van der Waals surface area (Å²) in [7, 11) is 3.14. The number of benzene rings is 3. The van der Waals surface area contributed by atoms with Crippen molar-refractivity contribution in [3.05, 3.63) is 84.4 Å². The predicted molar refractivity (Wildman–Crippen MR) is 129 cm³/mol. The number of ether oxygens (including phenoxy) is 3. The van der Waals surface area contributed by atoms with Crippen LogP contribution in [0, 0.1) is 0 Å². The molecule has 0 saturated carbocycles. The maximum Gasteiger partial charge on any atom is 0.326 e. The molecule has 2 amide bonds. The Morgan fingerprint density at radius 1 is 0.938 bits per heavy atom. The second-order valence-corrected chi connectivity index (χ2v) is 6.85. The number of hydrogen-bond donors (Lipinski definition) is 1. The minimum Gasteiger partial charge on any atom is -0.497 e. The molecular formula is C26H28N2O4. The minimum atomic E-state index is -0.282. The summed E-state index contributed by atoms with van der Waals surface area (Å²) >= 11 is 0. The molecule has 0 fully saturated rings. The second kappa shape index (κ2) is 11.5. The zero-order valence-electron chi connectivity index (χ0n) is 18.6. The third-order valence-corrected chi connectivity index (χ3v) is 4.75. The summed E-state index contributed by atoms with van der Waals surface area (Å²) in [4.78, 5) is 14.9. The molecule has 1 N–H and O–H groups in total. The average Bonchev–Trinajstić information content (AvgIpc) is 2.83. The minimum absolute atomic E-state index is 0.282. The first-order chi connectivity index (χ1) is 15.6. The number of hydrogen-bond acceptors (Lipinski definition) is 4. The third-order valence-electron chi connectivity index (χ3n) is 4.75. The number of anilines is 2. The summed E-state index contributed by atoms with van der Waals surface area (Å²) in [5, 5.41) is 2.94. The smallest absolute Gasteiger partial charge is 0.326 e. The molecule has 0 aliphatic rings. The molecule has 3 rings (SSSR count). The lowest BCUT2D eigenvalue weighted by molar-refractivity contribution is 0.257. The highest BCUT2D eigenvalue weighted by Gasteiger charge is 2.17. The number of carbonyl (C=O) groups excluding carboxylic acids is 1. The van der Waals surface area contributed by atoms with Crippen LogP contribution in [0.25, 0.3) is 6.08 Å². The average molecular weight is 433 g/mol. The van der Waals surface area contributed by atoms with Gasteiger partial charge in [0.15, 0.2) is 0 Å². The molecule has 0 saturated heterocycles. The van der Waals surface area contributed by atoms with Crippen LogP contribution >= 0.6 is 0 Å². The Hall–Kier alpha value is -3.93. The van der Waals surface area contributed by atoms with Gasteiger partial charge in [0.05, 0.1) is 26.5 Å². The van der Waals surface area contributed by atoms with Crippen molar-refractivity contribution in [2.45, 2.75) is 6.92 Å². The zero-order chi connectivity index (χ0) is 22.8. The fraction of sp³-hybridized carbons (Fsp3) is 0.192. The maximum absolute atomic E-state index is 13.3. The van der Waals surface area contributed by atoms with Gasteiger partial charge in [-0.15, -0.1) is 0 Å². The number of nitrogens with one attached hydrogen (secondary N) is 1. The maximum atomic E-state index is 13.3. The summed E-state index contributed by atoms with van der Waals surface area (Å²) < 4.78 is 16.2. The van der Waals surface area contributed by atoms with E-state index in [9.17, 15) is 4.79 Å². The lowest BCUT2D eigenvalue weighted by atomic mass is 10.2. The van der Waals surface area contributed by atoms with E-state index in [-0.39, 0.29) is 6.03 Å². The van der Waals surface area contributed by atoms with Crippen LogP contribution in [0.15, 0.2) is 78.9 Å². The van der Waals surface area contributed by atoms with Crippen LogP contribution in [-0.2, 0) is 0 Å². The lowest BCUT2D eigenvalue weighted by Gasteiger charge is -2.23. The molecule has 32 heavy (non-hydrogen) atoms. The summed E-state index contributed by atoms with van der Waals surface area (Å²) in [6, 6.07) is 22.4. The zero-order valence-corrected chi connectivity index (χ0v) is 18.6. The summed E-state index contributed by atoms with van der Waals surface area (Å²) in [6.07, 6.45) is 3.94. The van der Waals surface area contributed by atoms with Gasteiger partial charge < -0.3 is 19.5 Å². The topological polar surface area (TPSA) is 60.0 Å². The second-order valence-electron chi connectivity index (χ2n) is 6.85. The monoisotopic (exact) mass is 432 g/mol. The van der Waals surface area contributed by atoms with E-state index < -0.39 is 0 Å². The highest BCUT2D eigenvalue weighted by atomic mass is 16.5. The highest BCUT2D eigenvalue weighted by Crippen LogP contribution is 2.30. The van der Waals surface area contributed by atoms with E-state index in [0.29, 0.717) is 30.3 Å². The van der Waals surface area contributed by atoms with E-state index in [1.165, 1.54) is 0 Å². The molecule has 3 aromatic carbocycles. The molecular weight excluding hydrogens is 404 g/mol. The van der Waals surface area contributed by atoms with Crippen molar-refractivity contribution in [2.24, 2.45) is 0 Å². The van der Waals surface area contributed by atoms with Crippen molar-refractivity contribution >= 4 is 23.5 Å². The van der Waals surface area contributed by atoms with Gasteiger partial charge in [0, 0.05) is 18.3 Å². The Kier molecular flexibility index (Phi) is 8.15. The summed E-state index contributed by atoms with van der Waals surface area (Å²) in [5.41, 5.74) is 2.37. The van der Waals surface area contributed by atoms with Gasteiger partial charge >= 0.3 is 6.03 Å². The quantitative estimate of drug-likeness (QED) is 0.460.